The Hall–Kier alpha value is -0.930. The first-order valence-corrected chi connectivity index (χ1v) is 6.44. The van der Waals surface area contributed by atoms with E-state index in [1.165, 1.54) is 6.42 Å². The summed E-state index contributed by atoms with van der Waals surface area (Å²) in [6, 6.07) is 6.40. The number of nitrogens with zero attached hydrogens (tertiary/aromatic N) is 1. The molecule has 94 valence electrons. The van der Waals surface area contributed by atoms with Gasteiger partial charge >= 0.3 is 0 Å². The quantitative estimate of drug-likeness (QED) is 0.894. The summed E-state index contributed by atoms with van der Waals surface area (Å²) in [7, 11) is 2.15. The lowest BCUT2D eigenvalue weighted by Crippen LogP contribution is -2.23. The first kappa shape index (κ1) is 12.5. The maximum atomic E-state index is 6.15. The number of nitrogens with one attached hydrogen (secondary N) is 1. The van der Waals surface area contributed by atoms with Gasteiger partial charge in [0.15, 0.2) is 0 Å². The third-order valence-electron chi connectivity index (χ3n) is 2.99. The minimum Gasteiger partial charge on any atom is -0.492 e. The number of benzene rings is 1. The van der Waals surface area contributed by atoms with Crippen LogP contribution in [0.1, 0.15) is 13.3 Å². The number of ether oxygens (including phenoxy) is 1. The molecule has 1 unspecified atom stereocenters. The molecule has 0 aliphatic carbocycles. The molecule has 0 aromatic heterocycles. The van der Waals surface area contributed by atoms with Crippen LogP contribution < -0.4 is 10.1 Å². The fourth-order valence-corrected chi connectivity index (χ4v) is 2.39. The lowest BCUT2D eigenvalue weighted by Gasteiger charge is -2.15. The normalized spacial score (nSPS) is 20.5. The van der Waals surface area contributed by atoms with Gasteiger partial charge in [0.25, 0.3) is 0 Å². The zero-order valence-electron chi connectivity index (χ0n) is 10.4. The average Bonchev–Trinajstić information content (AvgIpc) is 2.68. The lowest BCUT2D eigenvalue weighted by molar-refractivity contribution is 0.340. The number of hydrogen-bond donors (Lipinski definition) is 1. The molecule has 1 aromatic carbocycles. The second-order valence-electron chi connectivity index (χ2n) is 4.47. The fraction of sp³-hybridized carbons (Fsp3) is 0.538. The zero-order valence-corrected chi connectivity index (χ0v) is 11.1. The third-order valence-corrected chi connectivity index (χ3v) is 3.29. The van der Waals surface area contributed by atoms with E-state index in [1.54, 1.807) is 0 Å². The molecule has 0 spiro atoms. The van der Waals surface area contributed by atoms with Crippen molar-refractivity contribution in [3.63, 3.8) is 0 Å². The Morgan fingerprint density at radius 1 is 1.53 bits per heavy atom. The smallest absolute Gasteiger partial charge is 0.138 e. The van der Waals surface area contributed by atoms with Gasteiger partial charge in [-0.25, -0.2) is 0 Å². The van der Waals surface area contributed by atoms with Crippen molar-refractivity contribution in [3.8, 4) is 5.75 Å². The van der Waals surface area contributed by atoms with Gasteiger partial charge < -0.3 is 15.0 Å². The highest BCUT2D eigenvalue weighted by Gasteiger charge is 2.19. The fourth-order valence-electron chi connectivity index (χ4n) is 2.15. The van der Waals surface area contributed by atoms with E-state index in [0.29, 0.717) is 17.7 Å². The number of rotatable bonds is 4. The van der Waals surface area contributed by atoms with E-state index < -0.39 is 0 Å². The van der Waals surface area contributed by atoms with E-state index in [-0.39, 0.29) is 0 Å². The molecule has 2 rings (SSSR count). The molecule has 1 aromatic rings. The SMILES string of the molecule is CCOc1ccc(NC2CCN(C)C2)cc1Cl. The summed E-state index contributed by atoms with van der Waals surface area (Å²) in [5.41, 5.74) is 1.07. The van der Waals surface area contributed by atoms with E-state index in [2.05, 4.69) is 17.3 Å². The van der Waals surface area contributed by atoms with Crippen LogP contribution in [0.5, 0.6) is 5.75 Å². The Morgan fingerprint density at radius 2 is 2.35 bits per heavy atom. The molecule has 4 heteroatoms. The molecule has 1 heterocycles. The van der Waals surface area contributed by atoms with E-state index >= 15 is 0 Å². The first-order chi connectivity index (χ1) is 8.19. The highest BCUT2D eigenvalue weighted by Crippen LogP contribution is 2.28. The Balaban J connectivity index is 1.99. The van der Waals surface area contributed by atoms with Crippen LogP contribution in [0.4, 0.5) is 5.69 Å². The lowest BCUT2D eigenvalue weighted by atomic mass is 10.2. The van der Waals surface area contributed by atoms with Gasteiger partial charge in [-0.3, -0.25) is 0 Å². The van der Waals surface area contributed by atoms with Gasteiger partial charge in [-0.15, -0.1) is 0 Å². The first-order valence-electron chi connectivity index (χ1n) is 6.06. The summed E-state index contributed by atoms with van der Waals surface area (Å²) in [4.78, 5) is 2.33. The molecule has 3 nitrogen and oxygen atoms in total. The monoisotopic (exact) mass is 254 g/mol. The van der Waals surface area contributed by atoms with Crippen LogP contribution in [0.3, 0.4) is 0 Å². The topological polar surface area (TPSA) is 24.5 Å². The van der Waals surface area contributed by atoms with Crippen LogP contribution >= 0.6 is 11.6 Å². The molecule has 1 atom stereocenters. The van der Waals surface area contributed by atoms with Gasteiger partial charge in [0.05, 0.1) is 11.6 Å². The molecule has 0 amide bonds. The van der Waals surface area contributed by atoms with Gasteiger partial charge in [-0.1, -0.05) is 11.6 Å². The van der Waals surface area contributed by atoms with Gasteiger partial charge in [0.1, 0.15) is 5.75 Å². The minimum atomic E-state index is 0.522. The van der Waals surface area contributed by atoms with Crippen LogP contribution in [-0.4, -0.2) is 37.7 Å². The molecule has 1 saturated heterocycles. The largest absolute Gasteiger partial charge is 0.492 e. The average molecular weight is 255 g/mol. The van der Waals surface area contributed by atoms with Crippen LogP contribution in [0, 0.1) is 0 Å². The van der Waals surface area contributed by atoms with Gasteiger partial charge in [-0.2, -0.15) is 0 Å². The summed E-state index contributed by atoms with van der Waals surface area (Å²) < 4.78 is 5.41. The standard InChI is InChI=1S/C13H19ClN2O/c1-3-17-13-5-4-10(8-12(13)14)15-11-6-7-16(2)9-11/h4-5,8,11,15H,3,6-7,9H2,1-2H3. The molecule has 0 saturated carbocycles. The Labute approximate surface area is 108 Å². The number of anilines is 1. The molecular formula is C13H19ClN2O. The van der Waals surface area contributed by atoms with Crippen molar-refractivity contribution < 1.29 is 4.74 Å². The molecule has 1 aliphatic heterocycles. The third kappa shape index (κ3) is 3.27. The van der Waals surface area contributed by atoms with Gasteiger partial charge in [0.2, 0.25) is 0 Å². The van der Waals surface area contributed by atoms with Crippen LogP contribution in [0.2, 0.25) is 5.02 Å². The highest BCUT2D eigenvalue weighted by atomic mass is 35.5. The zero-order chi connectivity index (χ0) is 12.3. The van der Waals surface area contributed by atoms with Crippen molar-refractivity contribution in [1.82, 2.24) is 4.90 Å². The van der Waals surface area contributed by atoms with Crippen LogP contribution in [-0.2, 0) is 0 Å². The van der Waals surface area contributed by atoms with E-state index in [4.69, 9.17) is 16.3 Å². The second kappa shape index (κ2) is 5.61. The van der Waals surface area contributed by atoms with Crippen molar-refractivity contribution in [3.05, 3.63) is 23.2 Å². The molecule has 1 aliphatic rings. The predicted octanol–water partition coefficient (Wildman–Crippen LogP) is 2.85. The predicted molar refractivity (Wildman–Crippen MR) is 72.1 cm³/mol. The van der Waals surface area contributed by atoms with Crippen molar-refractivity contribution in [2.24, 2.45) is 0 Å². The molecular weight excluding hydrogens is 236 g/mol. The summed E-state index contributed by atoms with van der Waals surface area (Å²) in [6.07, 6.45) is 1.18. The van der Waals surface area contributed by atoms with E-state index in [0.717, 1.165) is 24.5 Å². The minimum absolute atomic E-state index is 0.522. The highest BCUT2D eigenvalue weighted by molar-refractivity contribution is 6.32. The number of likely N-dealkylation sites (tertiary alicyclic amines) is 1. The van der Waals surface area contributed by atoms with Crippen molar-refractivity contribution in [2.45, 2.75) is 19.4 Å². The number of halogens is 1. The molecule has 1 fully saturated rings. The van der Waals surface area contributed by atoms with E-state index in [1.807, 2.05) is 25.1 Å². The van der Waals surface area contributed by atoms with Crippen molar-refractivity contribution in [1.29, 1.82) is 0 Å². The summed E-state index contributed by atoms with van der Waals surface area (Å²) >= 11 is 6.15. The number of hydrogen-bond acceptors (Lipinski definition) is 3. The maximum absolute atomic E-state index is 6.15. The van der Waals surface area contributed by atoms with Crippen LogP contribution in [0.25, 0.3) is 0 Å². The van der Waals surface area contributed by atoms with E-state index in [9.17, 15) is 0 Å². The maximum Gasteiger partial charge on any atom is 0.138 e. The molecule has 1 N–H and O–H groups in total. The summed E-state index contributed by atoms with van der Waals surface area (Å²) in [6.45, 7) is 4.84. The summed E-state index contributed by atoms with van der Waals surface area (Å²) in [5, 5.41) is 4.17. The Kier molecular flexibility index (Phi) is 4.13. The molecule has 0 bridgehead atoms. The van der Waals surface area contributed by atoms with Crippen LogP contribution in [0.15, 0.2) is 18.2 Å². The summed E-state index contributed by atoms with van der Waals surface area (Å²) in [5.74, 6) is 0.753. The second-order valence-corrected chi connectivity index (χ2v) is 4.88. The Morgan fingerprint density at radius 3 is 2.94 bits per heavy atom. The van der Waals surface area contributed by atoms with Crippen molar-refractivity contribution >= 4 is 17.3 Å². The number of likely N-dealkylation sites (N-methyl/N-ethyl adjacent to an activating group) is 1. The van der Waals surface area contributed by atoms with Crippen molar-refractivity contribution in [2.75, 3.05) is 32.1 Å². The Bertz CT molecular complexity index is 384. The molecule has 0 radical (unpaired) electrons. The molecule has 17 heavy (non-hydrogen) atoms. The van der Waals surface area contributed by atoms with Gasteiger partial charge in [0, 0.05) is 18.3 Å². The van der Waals surface area contributed by atoms with Gasteiger partial charge in [-0.05, 0) is 45.1 Å².